The maximum atomic E-state index is 12.0. The van der Waals surface area contributed by atoms with Crippen molar-refractivity contribution < 1.29 is 14.3 Å². The van der Waals surface area contributed by atoms with E-state index < -0.39 is 0 Å². The van der Waals surface area contributed by atoms with E-state index in [0.717, 1.165) is 45.8 Å². The van der Waals surface area contributed by atoms with Gasteiger partial charge in [-0.15, -0.1) is 11.3 Å². The van der Waals surface area contributed by atoms with Gasteiger partial charge in [0.2, 0.25) is 5.91 Å². The highest BCUT2D eigenvalue weighted by Crippen LogP contribution is 2.27. The second-order valence-electron chi connectivity index (χ2n) is 7.96. The van der Waals surface area contributed by atoms with Gasteiger partial charge in [-0.25, -0.2) is 4.99 Å². The number of nitrogens with zero attached hydrogens (tertiary/aromatic N) is 3. The molecule has 2 saturated heterocycles. The molecular weight excluding hydrogens is 402 g/mol. The van der Waals surface area contributed by atoms with Gasteiger partial charge in [-0.1, -0.05) is 0 Å². The Morgan fingerprint density at radius 1 is 1.30 bits per heavy atom. The van der Waals surface area contributed by atoms with E-state index in [4.69, 9.17) is 9.47 Å². The smallest absolute Gasteiger partial charge is 0.243 e. The summed E-state index contributed by atoms with van der Waals surface area (Å²) in [6, 6.07) is 4.63. The standard InChI is InChI=1S/C21H35N5O3S/c1-16-6-7-19(30-16)18(26-8-11-28-12-9-26)14-23-21(24-15-20(27)25(2)3)22-13-17-5-4-10-29-17/h6-7,17-18H,4-5,8-15H2,1-3H3,(H2,22,23,24). The molecule has 1 amide bonds. The number of guanidine groups is 1. The predicted molar refractivity (Wildman–Crippen MR) is 120 cm³/mol. The number of hydrogen-bond acceptors (Lipinski definition) is 6. The van der Waals surface area contributed by atoms with Gasteiger partial charge in [0.05, 0.1) is 25.4 Å². The summed E-state index contributed by atoms with van der Waals surface area (Å²) in [6.07, 6.45) is 2.36. The topological polar surface area (TPSA) is 78.4 Å². The van der Waals surface area contributed by atoms with Crippen LogP contribution in [0.25, 0.3) is 0 Å². The molecule has 0 aromatic carbocycles. The molecule has 0 aliphatic carbocycles. The van der Waals surface area contributed by atoms with Crippen molar-refractivity contribution >= 4 is 23.2 Å². The zero-order valence-corrected chi connectivity index (χ0v) is 19.2. The van der Waals surface area contributed by atoms with E-state index in [2.05, 4.69) is 39.6 Å². The molecule has 30 heavy (non-hydrogen) atoms. The normalized spacial score (nSPS) is 21.4. The molecule has 2 unspecified atom stereocenters. The molecule has 1 aromatic rings. The molecule has 2 aliphatic rings. The highest BCUT2D eigenvalue weighted by Gasteiger charge is 2.24. The number of morpholine rings is 1. The fraction of sp³-hybridized carbons (Fsp3) is 0.714. The van der Waals surface area contributed by atoms with Gasteiger partial charge in [-0.3, -0.25) is 9.69 Å². The summed E-state index contributed by atoms with van der Waals surface area (Å²) in [5.41, 5.74) is 0. The van der Waals surface area contributed by atoms with E-state index in [1.807, 2.05) is 11.3 Å². The predicted octanol–water partition coefficient (Wildman–Crippen LogP) is 1.23. The lowest BCUT2D eigenvalue weighted by Gasteiger charge is -2.34. The molecule has 1 aromatic heterocycles. The third kappa shape index (κ3) is 6.94. The van der Waals surface area contributed by atoms with Crippen molar-refractivity contribution in [3.8, 4) is 0 Å². The van der Waals surface area contributed by atoms with E-state index in [9.17, 15) is 4.79 Å². The minimum atomic E-state index is -0.0215. The van der Waals surface area contributed by atoms with Crippen LogP contribution in [0.2, 0.25) is 0 Å². The first-order valence-electron chi connectivity index (χ1n) is 10.7. The van der Waals surface area contributed by atoms with Gasteiger partial charge >= 0.3 is 0 Å². The van der Waals surface area contributed by atoms with Gasteiger partial charge in [0.15, 0.2) is 5.96 Å². The zero-order valence-electron chi connectivity index (χ0n) is 18.4. The molecule has 8 nitrogen and oxygen atoms in total. The first-order chi connectivity index (χ1) is 14.5. The summed E-state index contributed by atoms with van der Waals surface area (Å²) in [5, 5.41) is 6.85. The van der Waals surface area contributed by atoms with E-state index in [1.165, 1.54) is 9.75 Å². The number of thiophene rings is 1. The van der Waals surface area contributed by atoms with Gasteiger partial charge in [0.25, 0.3) is 0 Å². The third-order valence-corrected chi connectivity index (χ3v) is 6.53. The number of rotatable bonds is 8. The number of hydrogen-bond donors (Lipinski definition) is 2. The fourth-order valence-corrected chi connectivity index (χ4v) is 4.62. The average molecular weight is 438 g/mol. The van der Waals surface area contributed by atoms with Crippen LogP contribution in [-0.2, 0) is 14.3 Å². The summed E-state index contributed by atoms with van der Waals surface area (Å²) < 4.78 is 11.3. The van der Waals surface area contributed by atoms with Crippen molar-refractivity contribution in [3.63, 3.8) is 0 Å². The summed E-state index contributed by atoms with van der Waals surface area (Å²) in [6.45, 7) is 7.84. The van der Waals surface area contributed by atoms with Crippen molar-refractivity contribution in [2.24, 2.45) is 4.99 Å². The Bertz CT molecular complexity index is 697. The lowest BCUT2D eigenvalue weighted by atomic mass is 10.2. The highest BCUT2D eigenvalue weighted by atomic mass is 32.1. The molecule has 2 atom stereocenters. The van der Waals surface area contributed by atoms with Crippen LogP contribution in [0.4, 0.5) is 0 Å². The Kier molecular flexibility index (Phi) is 8.92. The maximum Gasteiger partial charge on any atom is 0.243 e. The Morgan fingerprint density at radius 3 is 2.73 bits per heavy atom. The quantitative estimate of drug-likeness (QED) is 0.471. The van der Waals surface area contributed by atoms with Crippen molar-refractivity contribution in [1.82, 2.24) is 20.4 Å². The second kappa shape index (κ2) is 11.6. The monoisotopic (exact) mass is 437 g/mol. The lowest BCUT2D eigenvalue weighted by Crippen LogP contribution is -2.47. The number of amides is 1. The van der Waals surface area contributed by atoms with Crippen LogP contribution in [0.3, 0.4) is 0 Å². The van der Waals surface area contributed by atoms with Crippen LogP contribution in [0.5, 0.6) is 0 Å². The van der Waals surface area contributed by atoms with Crippen LogP contribution in [0.1, 0.15) is 28.6 Å². The zero-order chi connectivity index (χ0) is 21.3. The summed E-state index contributed by atoms with van der Waals surface area (Å²) in [7, 11) is 3.50. The Hall–Kier alpha value is -1.68. The Labute approximate surface area is 183 Å². The van der Waals surface area contributed by atoms with E-state index in [-0.39, 0.29) is 24.6 Å². The third-order valence-electron chi connectivity index (χ3n) is 5.43. The van der Waals surface area contributed by atoms with Crippen molar-refractivity contribution in [1.29, 1.82) is 0 Å². The minimum absolute atomic E-state index is 0.0215. The summed E-state index contributed by atoms with van der Waals surface area (Å²) in [5.74, 6) is 0.638. The average Bonchev–Trinajstić information content (AvgIpc) is 3.42. The molecule has 0 bridgehead atoms. The number of ether oxygens (including phenoxy) is 2. The molecule has 0 saturated carbocycles. The molecule has 2 aliphatic heterocycles. The van der Waals surface area contributed by atoms with Gasteiger partial charge in [0, 0.05) is 56.6 Å². The number of carbonyl (C=O) groups is 1. The first kappa shape index (κ1) is 23.0. The van der Waals surface area contributed by atoms with E-state index >= 15 is 0 Å². The first-order valence-corrected chi connectivity index (χ1v) is 11.6. The van der Waals surface area contributed by atoms with Crippen LogP contribution >= 0.6 is 11.3 Å². The number of aliphatic imine (C=N–C) groups is 1. The van der Waals surface area contributed by atoms with Crippen molar-refractivity contribution in [2.75, 3.05) is 66.6 Å². The minimum Gasteiger partial charge on any atom is -0.379 e. The van der Waals surface area contributed by atoms with Gasteiger partial charge in [-0.05, 0) is 31.9 Å². The van der Waals surface area contributed by atoms with Crippen molar-refractivity contribution in [2.45, 2.75) is 31.9 Å². The van der Waals surface area contributed by atoms with Crippen LogP contribution < -0.4 is 10.6 Å². The number of likely N-dealkylation sites (N-methyl/N-ethyl adjacent to an activating group) is 1. The number of carbonyl (C=O) groups excluding carboxylic acids is 1. The molecule has 2 N–H and O–H groups in total. The molecule has 3 heterocycles. The molecule has 0 radical (unpaired) electrons. The van der Waals surface area contributed by atoms with Crippen molar-refractivity contribution in [3.05, 3.63) is 21.9 Å². The fourth-order valence-electron chi connectivity index (χ4n) is 3.60. The molecule has 0 spiro atoms. The SMILES string of the molecule is Cc1ccc(C(CNC(=NCC(=O)N(C)C)NCC2CCCO2)N2CCOCC2)s1. The molecule has 9 heteroatoms. The maximum absolute atomic E-state index is 12.0. The molecule has 168 valence electrons. The van der Waals surface area contributed by atoms with Crippen LogP contribution in [-0.4, -0.2) is 94.4 Å². The van der Waals surface area contributed by atoms with Gasteiger partial charge in [0.1, 0.15) is 6.54 Å². The largest absolute Gasteiger partial charge is 0.379 e. The molecule has 2 fully saturated rings. The molecular formula is C21H35N5O3S. The summed E-state index contributed by atoms with van der Waals surface area (Å²) in [4.78, 5) is 23.2. The Morgan fingerprint density at radius 2 is 2.10 bits per heavy atom. The number of nitrogens with one attached hydrogen (secondary N) is 2. The lowest BCUT2D eigenvalue weighted by molar-refractivity contribution is -0.127. The van der Waals surface area contributed by atoms with E-state index in [0.29, 0.717) is 19.0 Å². The second-order valence-corrected chi connectivity index (χ2v) is 9.28. The van der Waals surface area contributed by atoms with E-state index in [1.54, 1.807) is 19.0 Å². The Balaban J connectivity index is 1.66. The summed E-state index contributed by atoms with van der Waals surface area (Å²) >= 11 is 1.83. The highest BCUT2D eigenvalue weighted by molar-refractivity contribution is 7.12. The number of aryl methyl sites for hydroxylation is 1. The van der Waals surface area contributed by atoms with Gasteiger partial charge in [-0.2, -0.15) is 0 Å². The molecule has 3 rings (SSSR count). The van der Waals surface area contributed by atoms with Gasteiger partial charge < -0.3 is 25.0 Å². The van der Waals surface area contributed by atoms with Crippen LogP contribution in [0.15, 0.2) is 17.1 Å². The van der Waals surface area contributed by atoms with Crippen LogP contribution in [0, 0.1) is 6.92 Å².